The molecule has 1 aliphatic heterocycles. The summed E-state index contributed by atoms with van der Waals surface area (Å²) in [6.45, 7) is 25.5. The number of alkyl halides is 6. The summed E-state index contributed by atoms with van der Waals surface area (Å²) in [7, 11) is 0. The van der Waals surface area contributed by atoms with Gasteiger partial charge in [-0.3, -0.25) is 82.9 Å². The number of primary amides is 2. The van der Waals surface area contributed by atoms with E-state index in [4.69, 9.17) is 16.2 Å². The van der Waals surface area contributed by atoms with Crippen molar-refractivity contribution >= 4 is 202 Å². The van der Waals surface area contributed by atoms with Crippen LogP contribution in [0.2, 0.25) is 0 Å². The molecule has 40 nitrogen and oxygen atoms in total. The van der Waals surface area contributed by atoms with E-state index < -0.39 is 141 Å². The molecule has 13 N–H and O–H groups in total. The number of nitrogens with two attached hydrogens (primary N) is 2. The summed E-state index contributed by atoms with van der Waals surface area (Å²) < 4.78 is 82.3. The van der Waals surface area contributed by atoms with E-state index in [-0.39, 0.29) is 85.2 Å². The van der Waals surface area contributed by atoms with Crippen molar-refractivity contribution in [2.24, 2.45) is 29.2 Å². The number of esters is 3. The van der Waals surface area contributed by atoms with Gasteiger partial charge in [0.1, 0.15) is 29.2 Å². The maximum Gasteiger partial charge on any atom is 0.490 e. The maximum atomic E-state index is 13.1. The first kappa shape index (κ1) is 117. The van der Waals surface area contributed by atoms with Gasteiger partial charge in [0.25, 0.3) is 5.69 Å². The van der Waals surface area contributed by atoms with Crippen LogP contribution < -0.4 is 38.3 Å². The number of nitro groups is 1. The van der Waals surface area contributed by atoms with Crippen LogP contribution in [0.15, 0.2) is 121 Å². The van der Waals surface area contributed by atoms with Crippen LogP contribution in [0.5, 0.6) is 5.75 Å². The molecule has 780 valence electrons. The number of nitro benzene ring substituents is 1. The lowest BCUT2D eigenvalue weighted by atomic mass is 9.96. The Kier molecular flexibility index (Phi) is 37.7. The molecule has 150 heavy (non-hydrogen) atoms. The van der Waals surface area contributed by atoms with Crippen LogP contribution in [-0.2, 0) is 19.1 Å². The predicted molar refractivity (Wildman–Crippen MR) is 536 cm³/mol. The van der Waals surface area contributed by atoms with Gasteiger partial charge in [0.05, 0.1) is 162 Å². The number of aromatic amines is 1. The number of fused-ring (bicyclic) bond motifs is 7. The monoisotopic (exact) mass is 2180 g/mol. The van der Waals surface area contributed by atoms with Crippen LogP contribution in [0.25, 0.3) is 21.8 Å². The van der Waals surface area contributed by atoms with Gasteiger partial charge in [0.2, 0.25) is 5.78 Å². The van der Waals surface area contributed by atoms with Crippen molar-refractivity contribution in [3.05, 3.63) is 281 Å². The molecule has 52 heteroatoms. The maximum absolute atomic E-state index is 13.1. The Morgan fingerprint density at radius 1 is 0.440 bits per heavy atom. The van der Waals surface area contributed by atoms with E-state index in [1.807, 2.05) is 27.7 Å². The van der Waals surface area contributed by atoms with Gasteiger partial charge in [0, 0.05) is 40.8 Å². The van der Waals surface area contributed by atoms with Crippen molar-refractivity contribution in [3.8, 4) is 27.6 Å². The Morgan fingerprint density at radius 3 is 1.19 bits per heavy atom. The molecule has 5 amide bonds. The third-order valence-corrected chi connectivity index (χ3v) is 28.1. The molecule has 0 saturated heterocycles. The zero-order chi connectivity index (χ0) is 109. The van der Waals surface area contributed by atoms with E-state index in [2.05, 4.69) is 65.5 Å². The average molecular weight is 2180 g/mol. The summed E-state index contributed by atoms with van der Waals surface area (Å²) >= 11 is 7.50. The Labute approximate surface area is 868 Å². The highest BCUT2D eigenvalue weighted by Crippen LogP contribution is 2.46. The van der Waals surface area contributed by atoms with Gasteiger partial charge < -0.3 is 47.9 Å². The second kappa shape index (κ2) is 48.3. The number of halogens is 6. The normalized spacial score (nSPS) is 13.8. The molecule has 3 atom stereocenters. The number of aromatic nitrogens is 8. The van der Waals surface area contributed by atoms with Crippen LogP contribution in [0.1, 0.15) is 237 Å². The summed E-state index contributed by atoms with van der Waals surface area (Å²) in [5, 5.41) is 29.7. The number of anilines is 3. The number of ether oxygens (including phenoxy) is 3. The smallest absolute Gasteiger partial charge is 0.459 e. The number of Topliss-reactive ketones (excluding diaryl/α,β-unsaturated/α-hetero) is 12. The van der Waals surface area contributed by atoms with Gasteiger partial charge in [-0.1, -0.05) is 78.9 Å². The van der Waals surface area contributed by atoms with Crippen molar-refractivity contribution in [2.45, 2.75) is 123 Å². The lowest BCUT2D eigenvalue weighted by Crippen LogP contribution is -2.26. The third kappa shape index (κ3) is 25.9. The molecule has 7 aromatic heterocycles. The number of para-hydroxylation sites is 1. The molecule has 0 saturated carbocycles. The zero-order valence-electron chi connectivity index (χ0n) is 81.1. The number of hydrogen-bond donors (Lipinski definition) is 7. The Morgan fingerprint density at radius 2 is 0.820 bits per heavy atom. The number of aryl methyl sites for hydroxylation is 13. The summed E-state index contributed by atoms with van der Waals surface area (Å²) in [6.07, 6.45) is -11.8. The topological polar surface area (TPSA) is 656 Å². The van der Waals surface area contributed by atoms with Crippen molar-refractivity contribution < 1.29 is 142 Å². The first-order valence-corrected chi connectivity index (χ1v) is 48.1. The van der Waals surface area contributed by atoms with Crippen LogP contribution >= 0.6 is 68.0 Å². The van der Waals surface area contributed by atoms with Gasteiger partial charge in [-0.05, 0) is 139 Å². The highest BCUT2D eigenvalue weighted by Gasteiger charge is 2.50. The van der Waals surface area contributed by atoms with Gasteiger partial charge in [-0.15, -0.1) is 68.0 Å². The van der Waals surface area contributed by atoms with Crippen LogP contribution in [0, 0.1) is 118 Å². The number of nitrogens with zero attached hydrogens (tertiary/aromatic N) is 8. The van der Waals surface area contributed by atoms with Crippen LogP contribution in [0.3, 0.4) is 0 Å². The van der Waals surface area contributed by atoms with Gasteiger partial charge in [-0.2, -0.15) is 31.4 Å². The Bertz CT molecular complexity index is 7760. The number of H-pyrrole nitrogens is 1. The fraction of sp³-hybridized carbons (Fsp3) is 0.224. The molecule has 6 aromatic carbocycles. The highest BCUT2D eigenvalue weighted by molar-refractivity contribution is 7.16. The molecule has 18 rings (SSSR count). The van der Waals surface area contributed by atoms with Crippen molar-refractivity contribution in [3.63, 3.8) is 0 Å². The summed E-state index contributed by atoms with van der Waals surface area (Å²) in [4.78, 5) is 264. The summed E-state index contributed by atoms with van der Waals surface area (Å²) in [5.41, 5.74) is 18.5. The molecule has 3 unspecified atom stereocenters. The second-order valence-electron chi connectivity index (χ2n) is 32.0. The number of thiazole rings is 6. The first-order chi connectivity index (χ1) is 69.5. The van der Waals surface area contributed by atoms with E-state index in [1.54, 1.807) is 129 Å². The largest absolute Gasteiger partial charge is 0.490 e. The molecule has 0 radical (unpaired) electrons. The fourth-order valence-electron chi connectivity index (χ4n) is 15.5. The molecule has 0 bridgehead atoms. The zero-order valence-corrected chi connectivity index (χ0v) is 86.0. The van der Waals surface area contributed by atoms with Crippen molar-refractivity contribution in [1.29, 1.82) is 0 Å². The number of carbonyl (C=O) groups excluding carboxylic acids is 19. The summed E-state index contributed by atoms with van der Waals surface area (Å²) in [5.74, 6) is -15.4. The van der Waals surface area contributed by atoms with E-state index in [9.17, 15) is 128 Å². The fourth-order valence-corrected chi connectivity index (χ4v) is 20.7. The van der Waals surface area contributed by atoms with Crippen LogP contribution in [0.4, 0.5) is 63.5 Å². The minimum absolute atomic E-state index is 0. The molecule has 0 spiro atoms. The molecule has 4 aliphatic carbocycles. The van der Waals surface area contributed by atoms with Crippen molar-refractivity contribution in [2.75, 3.05) is 22.6 Å². The quantitative estimate of drug-likeness (QED) is 0.0111. The minimum Gasteiger partial charge on any atom is -0.459 e. The average Bonchev–Trinajstić information content (AvgIpc) is 1.58. The molecule has 13 aromatic rings. The molecular formula is C98H85F6N15O25S6. The molecule has 8 heterocycles. The number of ketones is 13. The molecular weight excluding hydrogens is 2090 g/mol. The summed E-state index contributed by atoms with van der Waals surface area (Å²) in [6, 6.07) is 29.9. The van der Waals surface area contributed by atoms with Gasteiger partial charge in [0.15, 0.2) is 75.0 Å². The predicted octanol–water partition coefficient (Wildman–Crippen LogP) is 18.0. The van der Waals surface area contributed by atoms with E-state index in [0.717, 1.165) is 81.8 Å². The number of amides is 5. The van der Waals surface area contributed by atoms with Crippen molar-refractivity contribution in [1.82, 2.24) is 46.3 Å². The number of cyclic esters (lactones) is 2. The first-order valence-electron chi connectivity index (χ1n) is 43.2. The number of benzene rings is 6. The van der Waals surface area contributed by atoms with E-state index in [0.29, 0.717) is 103 Å². The Balaban J connectivity index is 0.000000195. The lowest BCUT2D eigenvalue weighted by molar-refractivity contribution is -0.385. The SMILES string of the molecule is CC(=O)c1sc(C)nc1C.CCOC(=O)C(F)(F)F.Cc1nc(C)c(-c2[nH]nc3c2C(=O)c2c(NC(N)=O)cccc2-3)s1.Cc1nc(C)c(C(=O)C2C(=O)c3cccc(C)c3C2=O)s1.Cc1nc(C)c(C(=O)C2C(=O)c3cccc(NC(=O)Oc4ccccc4)c3C2=O)s1.Cc1nc(C)c(C(=O)C2C(=O)c3cccc(NC(N)=O)c3C2=O)s1.Cc1nc(C)c(C(=O)CC(=O)C(F)(F)F)s1.N.O.O=C1OC(=O)c2c1cccc2[N+](=O)[O-]. The molecule has 0 fully saturated rings. The standard InChI is InChI=1S/C22H16N2O5S.C16H13N5O2S.C16H13N3O4S.C16H13NO3S.C9H8F3NO2S.C8H3NO5.C7H9NOS.C4H5F3O2.H3N.H2O/c1-11-21(30-12(2)23-11)20(27)17-18(25)14-9-6-10-15(16(14)19(17)26)24-22(28)29-13-7-4-3-5-8-13;1-6-15(24-7(2)18-6)13-11-12(20-21-13)8-4-3-5-9(19-16(17)23)10(8)14(11)22;1-6-15(24-7(2)18-6)14(22)11-12(20)8-4-3-5-9(19-16(17)23)10(8)13(11)21;1-7-5-4-6-10-11(7)14(19)12(13(10)18)15(20)16-8(2)17-9(3)21-16;1-4-8(16-5(2)13-4)6(14)3-7(15)9(10,11)12;10-7-4-2-1-3-5(9(12)13)6(4)8(11)14-7;1-4-7(5(2)9)10-6(3)8-4;1-2-9-3(8)4(5,6)7;;/h3-10,17H,1-2H3,(H,24,28);3-5H,1-2H3,(H,20,21)(H3,17,19,23);3-5,11H,1-2H3,(H3,17,19,23);4-6,12H,1-3H3;3H2,1-2H3;1-3H;1-3H3;2H2,1H3;1H3;1H2. The Hall–Kier alpha value is -16.7. The lowest BCUT2D eigenvalue weighted by Gasteiger charge is -2.09. The molecule has 5 aliphatic rings. The van der Waals surface area contributed by atoms with Gasteiger partial charge in [-0.25, -0.2) is 58.7 Å². The number of hydrogen-bond acceptors (Lipinski definition) is 38. The minimum atomic E-state index is -4.96. The number of urea groups is 2. The van der Waals surface area contributed by atoms with E-state index >= 15 is 0 Å². The van der Waals surface area contributed by atoms with Gasteiger partial charge >= 0.3 is 48.4 Å². The second-order valence-corrected chi connectivity index (χ2v) is 39.2. The number of rotatable bonds is 17. The number of carbonyl (C=O) groups is 19. The van der Waals surface area contributed by atoms with E-state index in [1.165, 1.54) is 96.4 Å². The highest BCUT2D eigenvalue weighted by atomic mass is 32.1. The third-order valence-electron chi connectivity index (χ3n) is 21.4. The number of nitrogens with one attached hydrogen (secondary N) is 4. The van der Waals surface area contributed by atoms with Crippen LogP contribution in [-0.4, -0.2) is 181 Å².